The number of rotatable bonds is 2. The highest BCUT2D eigenvalue weighted by Gasteiger charge is 2.43. The zero-order chi connectivity index (χ0) is 18.2. The van der Waals surface area contributed by atoms with Gasteiger partial charge in [0.15, 0.2) is 6.10 Å². The Morgan fingerprint density at radius 3 is 2.68 bits per heavy atom. The summed E-state index contributed by atoms with van der Waals surface area (Å²) in [5.41, 5.74) is -0.899. The van der Waals surface area contributed by atoms with Gasteiger partial charge >= 0.3 is 12.3 Å². The fraction of sp³-hybridized carbons (Fsp3) is 0.533. The Labute approximate surface area is 141 Å². The number of carboxylic acid groups (broad SMARTS) is 1. The Bertz CT molecular complexity index is 665. The summed E-state index contributed by atoms with van der Waals surface area (Å²) in [6.45, 7) is 0.983. The second-order valence-corrected chi connectivity index (χ2v) is 5.99. The number of ether oxygens (including phenoxy) is 1. The number of halogens is 3. The van der Waals surface area contributed by atoms with Crippen LogP contribution < -0.4 is 4.74 Å². The van der Waals surface area contributed by atoms with E-state index in [1.807, 2.05) is 0 Å². The van der Waals surface area contributed by atoms with E-state index in [-0.39, 0.29) is 30.8 Å². The summed E-state index contributed by atoms with van der Waals surface area (Å²) < 4.78 is 43.0. The van der Waals surface area contributed by atoms with Crippen LogP contribution in [0.3, 0.4) is 0 Å². The predicted octanol–water partition coefficient (Wildman–Crippen LogP) is 1.83. The van der Waals surface area contributed by atoms with Gasteiger partial charge in [0.25, 0.3) is 5.91 Å². The van der Waals surface area contributed by atoms with Crippen molar-refractivity contribution in [1.29, 1.82) is 0 Å². The summed E-state index contributed by atoms with van der Waals surface area (Å²) in [6, 6.07) is 1.61. The predicted molar refractivity (Wildman–Crippen MR) is 78.0 cm³/mol. The largest absolute Gasteiger partial charge is 0.465 e. The van der Waals surface area contributed by atoms with Crippen molar-refractivity contribution in [2.24, 2.45) is 0 Å². The van der Waals surface area contributed by atoms with Gasteiger partial charge in [-0.1, -0.05) is 0 Å². The van der Waals surface area contributed by atoms with Crippen molar-refractivity contribution in [1.82, 2.24) is 14.8 Å². The van der Waals surface area contributed by atoms with Crippen molar-refractivity contribution < 1.29 is 32.6 Å². The van der Waals surface area contributed by atoms with Gasteiger partial charge in [0.05, 0.1) is 11.6 Å². The first-order valence-electron chi connectivity index (χ1n) is 7.74. The highest BCUT2D eigenvalue weighted by atomic mass is 19.4. The van der Waals surface area contributed by atoms with Crippen molar-refractivity contribution in [2.75, 3.05) is 19.6 Å². The van der Waals surface area contributed by atoms with Crippen molar-refractivity contribution >= 4 is 12.0 Å². The molecular formula is C15H16F3N3O4. The van der Waals surface area contributed by atoms with E-state index in [1.54, 1.807) is 4.90 Å². The molecule has 2 aliphatic rings. The molecule has 10 heteroatoms. The highest BCUT2D eigenvalue weighted by molar-refractivity contribution is 5.84. The molecule has 0 aliphatic carbocycles. The molecule has 2 fully saturated rings. The fourth-order valence-corrected chi connectivity index (χ4v) is 3.12. The third-order valence-electron chi connectivity index (χ3n) is 4.34. The van der Waals surface area contributed by atoms with Crippen LogP contribution in [0.2, 0.25) is 0 Å². The van der Waals surface area contributed by atoms with Gasteiger partial charge < -0.3 is 19.6 Å². The van der Waals surface area contributed by atoms with Gasteiger partial charge in [0, 0.05) is 38.3 Å². The molecular weight excluding hydrogens is 343 g/mol. The van der Waals surface area contributed by atoms with E-state index in [9.17, 15) is 22.8 Å². The van der Waals surface area contributed by atoms with Crippen LogP contribution in [-0.4, -0.2) is 63.7 Å². The number of amides is 2. The molecule has 0 bridgehead atoms. The number of nitrogens with zero attached hydrogens (tertiary/aromatic N) is 3. The number of carbonyl (C=O) groups is 2. The zero-order valence-electron chi connectivity index (χ0n) is 13.1. The van der Waals surface area contributed by atoms with E-state index in [0.717, 1.165) is 12.1 Å². The Morgan fingerprint density at radius 1 is 1.32 bits per heavy atom. The van der Waals surface area contributed by atoms with Gasteiger partial charge in [-0.05, 0) is 12.5 Å². The minimum atomic E-state index is -4.49. The van der Waals surface area contributed by atoms with E-state index in [2.05, 4.69) is 4.98 Å². The first-order valence-corrected chi connectivity index (χ1v) is 7.74. The smallest absolute Gasteiger partial charge is 0.417 e. The SMILES string of the molecule is O=C(O)N1CCCN2C(=O)C(Oc3ccc(C(F)(F)F)cn3)C[C@H]2C1. The molecule has 136 valence electrons. The van der Waals surface area contributed by atoms with Crippen LogP contribution in [0, 0.1) is 0 Å². The molecule has 0 saturated carbocycles. The average Bonchev–Trinajstić information content (AvgIpc) is 2.72. The number of hydrogen-bond donors (Lipinski definition) is 1. The molecule has 0 aromatic carbocycles. The molecule has 2 aliphatic heterocycles. The van der Waals surface area contributed by atoms with Gasteiger partial charge in [-0.2, -0.15) is 13.2 Å². The molecule has 3 heterocycles. The summed E-state index contributed by atoms with van der Waals surface area (Å²) in [5, 5.41) is 9.13. The van der Waals surface area contributed by atoms with Crippen LogP contribution >= 0.6 is 0 Å². The quantitative estimate of drug-likeness (QED) is 0.871. The van der Waals surface area contributed by atoms with E-state index >= 15 is 0 Å². The van der Waals surface area contributed by atoms with Gasteiger partial charge in [0.2, 0.25) is 5.88 Å². The Hall–Kier alpha value is -2.52. The maximum atomic E-state index is 12.5. The van der Waals surface area contributed by atoms with Crippen LogP contribution in [0.5, 0.6) is 5.88 Å². The van der Waals surface area contributed by atoms with Crippen molar-refractivity contribution in [3.05, 3.63) is 23.9 Å². The van der Waals surface area contributed by atoms with Crippen molar-refractivity contribution in [2.45, 2.75) is 31.2 Å². The number of pyridine rings is 1. The van der Waals surface area contributed by atoms with Gasteiger partial charge in [-0.3, -0.25) is 4.79 Å². The van der Waals surface area contributed by atoms with Crippen LogP contribution in [0.25, 0.3) is 0 Å². The maximum absolute atomic E-state index is 12.5. The number of aromatic nitrogens is 1. The molecule has 7 nitrogen and oxygen atoms in total. The topological polar surface area (TPSA) is 83.0 Å². The first kappa shape index (κ1) is 17.3. The van der Waals surface area contributed by atoms with Crippen molar-refractivity contribution in [3.8, 4) is 5.88 Å². The lowest BCUT2D eigenvalue weighted by molar-refractivity contribution is -0.138. The van der Waals surface area contributed by atoms with E-state index in [0.29, 0.717) is 25.7 Å². The van der Waals surface area contributed by atoms with Crippen LogP contribution in [-0.2, 0) is 11.0 Å². The average molecular weight is 359 g/mol. The monoisotopic (exact) mass is 359 g/mol. The summed E-state index contributed by atoms with van der Waals surface area (Å²) in [7, 11) is 0. The molecule has 2 atom stereocenters. The molecule has 1 aromatic rings. The fourth-order valence-electron chi connectivity index (χ4n) is 3.12. The number of carbonyl (C=O) groups excluding carboxylic acids is 1. The van der Waals surface area contributed by atoms with E-state index in [4.69, 9.17) is 9.84 Å². The molecule has 1 unspecified atom stereocenters. The normalized spacial score (nSPS) is 24.0. The number of alkyl halides is 3. The van der Waals surface area contributed by atoms with Crippen LogP contribution in [0.4, 0.5) is 18.0 Å². The standard InChI is InChI=1S/C15H16F3N3O4/c16-15(17,18)9-2-3-12(19-7-9)25-11-6-10-8-20(14(23)24)4-1-5-21(10)13(11)22/h2-3,7,10-11H,1,4-6,8H2,(H,23,24)/t10-,11?/m0/s1. The first-order chi connectivity index (χ1) is 11.8. The number of hydrogen-bond acceptors (Lipinski definition) is 4. The molecule has 25 heavy (non-hydrogen) atoms. The van der Waals surface area contributed by atoms with E-state index in [1.165, 1.54) is 4.90 Å². The minimum Gasteiger partial charge on any atom is -0.465 e. The molecule has 1 N–H and O–H groups in total. The Morgan fingerprint density at radius 2 is 2.08 bits per heavy atom. The third-order valence-corrected chi connectivity index (χ3v) is 4.34. The lowest BCUT2D eigenvalue weighted by Crippen LogP contribution is -2.40. The summed E-state index contributed by atoms with van der Waals surface area (Å²) in [6.07, 6.45) is -4.95. The van der Waals surface area contributed by atoms with Gasteiger partial charge in [-0.25, -0.2) is 9.78 Å². The Balaban J connectivity index is 1.68. The van der Waals surface area contributed by atoms with Crippen molar-refractivity contribution in [3.63, 3.8) is 0 Å². The minimum absolute atomic E-state index is 0.0703. The molecule has 0 spiro atoms. The summed E-state index contributed by atoms with van der Waals surface area (Å²) in [4.78, 5) is 30.0. The second-order valence-electron chi connectivity index (χ2n) is 5.99. The van der Waals surface area contributed by atoms with E-state index < -0.39 is 23.9 Å². The third kappa shape index (κ3) is 3.62. The van der Waals surface area contributed by atoms with Gasteiger partial charge in [-0.15, -0.1) is 0 Å². The Kier molecular flexibility index (Phi) is 4.44. The molecule has 2 saturated heterocycles. The van der Waals surface area contributed by atoms with Gasteiger partial charge in [0.1, 0.15) is 0 Å². The maximum Gasteiger partial charge on any atom is 0.417 e. The lowest BCUT2D eigenvalue weighted by Gasteiger charge is -2.23. The summed E-state index contributed by atoms with van der Waals surface area (Å²) in [5.74, 6) is -0.363. The zero-order valence-corrected chi connectivity index (χ0v) is 13.1. The van der Waals surface area contributed by atoms with Crippen LogP contribution in [0.1, 0.15) is 18.4 Å². The highest BCUT2D eigenvalue weighted by Crippen LogP contribution is 2.30. The molecule has 3 rings (SSSR count). The molecule has 0 radical (unpaired) electrons. The second kappa shape index (κ2) is 6.41. The van der Waals surface area contributed by atoms with Crippen LogP contribution in [0.15, 0.2) is 18.3 Å². The number of fused-ring (bicyclic) bond motifs is 1. The molecule has 1 aromatic heterocycles. The lowest BCUT2D eigenvalue weighted by atomic mass is 10.2. The molecule has 2 amide bonds. The summed E-state index contributed by atoms with van der Waals surface area (Å²) >= 11 is 0.